The number of hydrogen-bond donors (Lipinski definition) is 6. The summed E-state index contributed by atoms with van der Waals surface area (Å²) in [5.74, 6) is -5.00. The zero-order valence-electron chi connectivity index (χ0n) is 15.8. The lowest BCUT2D eigenvalue weighted by molar-refractivity contribution is -0.135. The van der Waals surface area contributed by atoms with Gasteiger partial charge < -0.3 is 30.6 Å². The summed E-state index contributed by atoms with van der Waals surface area (Å²) in [6.07, 6.45) is 0. The maximum absolute atomic E-state index is 9.00. The minimum Gasteiger partial charge on any atom is -0.481 e. The van der Waals surface area contributed by atoms with Crippen molar-refractivity contribution in [3.63, 3.8) is 0 Å². The zero-order valence-corrected chi connectivity index (χ0v) is 15.8. The van der Waals surface area contributed by atoms with Gasteiger partial charge in [-0.25, -0.2) is 0 Å². The smallest absolute Gasteiger partial charge is 0.300 e. The minimum atomic E-state index is -0.833. The quantitative estimate of drug-likeness (QED) is 0.345. The second kappa shape index (κ2) is 43.1. The third kappa shape index (κ3) is 809. The van der Waals surface area contributed by atoms with Gasteiger partial charge in [0.2, 0.25) is 0 Å². The molecule has 1 radical (unpaired) electrons. The molecule has 0 aliphatic carbocycles. The van der Waals surface area contributed by atoms with Gasteiger partial charge in [0.05, 0.1) is 0 Å². The third-order valence-electron chi connectivity index (χ3n) is 0. The molecule has 0 amide bonds. The molecule has 0 fully saturated rings. The molecule has 0 aromatic rings. The summed E-state index contributed by atoms with van der Waals surface area (Å²) in [7, 11) is 0. The largest absolute Gasteiger partial charge is 0.481 e. The van der Waals surface area contributed by atoms with Gasteiger partial charge in [-0.05, 0) is 0 Å². The Balaban J connectivity index is -0.0000000327. The molecule has 0 aliphatic heterocycles. The lowest BCUT2D eigenvalue weighted by Crippen LogP contribution is -1.78. The van der Waals surface area contributed by atoms with Crippen molar-refractivity contribution < 1.29 is 59.4 Å². The van der Waals surface area contributed by atoms with Crippen LogP contribution in [0.5, 0.6) is 0 Å². The first-order valence-electron chi connectivity index (χ1n) is 6.27. The molecule has 0 rings (SSSR count). The molecule has 0 bridgehead atoms. The highest BCUT2D eigenvalue weighted by Crippen LogP contribution is 1.43. The molecule has 26 heavy (non-hydrogen) atoms. The van der Waals surface area contributed by atoms with Crippen LogP contribution in [-0.2, 0) is 28.8 Å². The van der Waals surface area contributed by atoms with Crippen LogP contribution in [0.3, 0.4) is 0 Å². The number of carboxylic acids is 6. The van der Waals surface area contributed by atoms with E-state index in [2.05, 4.69) is 6.92 Å². The minimum absolute atomic E-state index is 0.833. The predicted molar refractivity (Wildman–Crippen MR) is 90.9 cm³/mol. The molecule has 12 nitrogen and oxygen atoms in total. The molecule has 0 unspecified atom stereocenters. The fourth-order valence-electron chi connectivity index (χ4n) is 0. The summed E-state index contributed by atoms with van der Waals surface area (Å²) in [5.41, 5.74) is 0. The van der Waals surface area contributed by atoms with E-state index in [0.717, 1.165) is 41.5 Å². The van der Waals surface area contributed by atoms with Crippen LogP contribution < -0.4 is 0 Å². The molecule has 0 aliphatic rings. The molecule has 6 N–H and O–H groups in total. The van der Waals surface area contributed by atoms with Gasteiger partial charge in [0, 0.05) is 41.5 Å². The van der Waals surface area contributed by atoms with E-state index < -0.39 is 35.8 Å². The van der Waals surface area contributed by atoms with Crippen molar-refractivity contribution in [2.24, 2.45) is 0 Å². The maximum atomic E-state index is 9.00. The summed E-state index contributed by atoms with van der Waals surface area (Å²) >= 11 is 0. The van der Waals surface area contributed by atoms with Gasteiger partial charge in [-0.3, -0.25) is 28.8 Å². The van der Waals surface area contributed by atoms with E-state index in [9.17, 15) is 0 Å². The highest BCUT2D eigenvalue weighted by Gasteiger charge is 1.67. The molecule has 0 spiro atoms. The van der Waals surface area contributed by atoms with E-state index in [1.807, 2.05) is 0 Å². The number of rotatable bonds is 0. The zero-order chi connectivity index (χ0) is 23.5. The molecular weight excluding hydrogens is 360 g/mol. The van der Waals surface area contributed by atoms with E-state index in [1.54, 1.807) is 6.92 Å². The average molecular weight is 389 g/mol. The van der Waals surface area contributed by atoms with Gasteiger partial charge in [0.1, 0.15) is 0 Å². The topological polar surface area (TPSA) is 224 Å². The van der Waals surface area contributed by atoms with Crippen LogP contribution in [0, 0.1) is 6.92 Å². The second-order valence-corrected chi connectivity index (χ2v) is 3.11. The Labute approximate surface area is 151 Å². The molecule has 0 saturated heterocycles. The summed E-state index contributed by atoms with van der Waals surface area (Å²) in [6.45, 7) is 11.5. The summed E-state index contributed by atoms with van der Waals surface area (Å²) in [6, 6.07) is 0. The van der Waals surface area contributed by atoms with E-state index in [4.69, 9.17) is 59.4 Å². The Bertz CT molecular complexity index is 257. The molecule has 0 atom stereocenters. The molecule has 0 saturated carbocycles. The van der Waals surface area contributed by atoms with Crippen molar-refractivity contribution in [3.8, 4) is 0 Å². The summed E-state index contributed by atoms with van der Waals surface area (Å²) in [4.78, 5) is 54.0. The van der Waals surface area contributed by atoms with Crippen molar-refractivity contribution in [1.29, 1.82) is 0 Å². The van der Waals surface area contributed by atoms with Crippen molar-refractivity contribution in [2.45, 2.75) is 48.5 Å². The Morgan fingerprint density at radius 1 is 0.385 bits per heavy atom. The van der Waals surface area contributed by atoms with E-state index in [-0.39, 0.29) is 0 Å². The van der Waals surface area contributed by atoms with Gasteiger partial charge in [0.15, 0.2) is 0 Å². The molecule has 0 heterocycles. The molecular formula is C14H29O12. The molecule has 0 aromatic heterocycles. The van der Waals surface area contributed by atoms with Crippen LogP contribution >= 0.6 is 0 Å². The van der Waals surface area contributed by atoms with Gasteiger partial charge in [-0.2, -0.15) is 0 Å². The van der Waals surface area contributed by atoms with Gasteiger partial charge >= 0.3 is 0 Å². The normalized spacial score (nSPS) is 6.00. The standard InChI is InChI=1S/6C2H4O2.C2H5/c6*1-2(3)4;1-2/h6*1H3,(H,3,4);1H2,2H3. The number of aliphatic carboxylic acids is 6. The highest BCUT2D eigenvalue weighted by molar-refractivity contribution is 5.64. The predicted octanol–water partition coefficient (Wildman–Crippen LogP) is 1.39. The summed E-state index contributed by atoms with van der Waals surface area (Å²) in [5, 5.41) is 44.5. The first-order chi connectivity index (χ1) is 11.4. The molecule has 157 valence electrons. The Kier molecular flexibility index (Phi) is 71.9. The lowest BCUT2D eigenvalue weighted by atomic mass is 10.9. The SMILES string of the molecule is CC(=O)O.CC(=O)O.CC(=O)O.CC(=O)O.CC(=O)O.CC(=O)O.[CH2]C. The van der Waals surface area contributed by atoms with E-state index >= 15 is 0 Å². The highest BCUT2D eigenvalue weighted by atomic mass is 16.4. The number of hydrogen-bond acceptors (Lipinski definition) is 6. The monoisotopic (exact) mass is 389 g/mol. The summed E-state index contributed by atoms with van der Waals surface area (Å²) < 4.78 is 0. The Morgan fingerprint density at radius 3 is 0.385 bits per heavy atom. The Hall–Kier alpha value is -3.18. The van der Waals surface area contributed by atoms with Crippen LogP contribution in [0.2, 0.25) is 0 Å². The fraction of sp³-hybridized carbons (Fsp3) is 0.500. The maximum Gasteiger partial charge on any atom is 0.300 e. The lowest BCUT2D eigenvalue weighted by Gasteiger charge is -1.59. The van der Waals surface area contributed by atoms with E-state index in [0.29, 0.717) is 0 Å². The Morgan fingerprint density at radius 2 is 0.385 bits per heavy atom. The van der Waals surface area contributed by atoms with Crippen LogP contribution in [-0.4, -0.2) is 66.5 Å². The first kappa shape index (κ1) is 43.4. The van der Waals surface area contributed by atoms with Gasteiger partial charge in [-0.1, -0.05) is 13.8 Å². The number of carbonyl (C=O) groups is 6. The second-order valence-electron chi connectivity index (χ2n) is 3.11. The van der Waals surface area contributed by atoms with Crippen molar-refractivity contribution in [2.75, 3.05) is 0 Å². The molecule has 0 aromatic carbocycles. The van der Waals surface area contributed by atoms with Crippen molar-refractivity contribution in [3.05, 3.63) is 6.92 Å². The molecule has 12 heteroatoms. The first-order valence-corrected chi connectivity index (χ1v) is 6.27. The van der Waals surface area contributed by atoms with Crippen LogP contribution in [0.1, 0.15) is 48.5 Å². The van der Waals surface area contributed by atoms with E-state index in [1.165, 1.54) is 0 Å². The van der Waals surface area contributed by atoms with Gasteiger partial charge in [-0.15, -0.1) is 0 Å². The fourth-order valence-corrected chi connectivity index (χ4v) is 0. The van der Waals surface area contributed by atoms with Crippen LogP contribution in [0.4, 0.5) is 0 Å². The van der Waals surface area contributed by atoms with Crippen molar-refractivity contribution >= 4 is 35.8 Å². The average Bonchev–Trinajstić information content (AvgIpc) is 2.25. The van der Waals surface area contributed by atoms with Crippen LogP contribution in [0.25, 0.3) is 0 Å². The van der Waals surface area contributed by atoms with Crippen molar-refractivity contribution in [1.82, 2.24) is 0 Å². The third-order valence-corrected chi connectivity index (χ3v) is 0. The van der Waals surface area contributed by atoms with Crippen LogP contribution in [0.15, 0.2) is 0 Å². The number of carboxylic acid groups (broad SMARTS) is 6. The van der Waals surface area contributed by atoms with Gasteiger partial charge in [0.25, 0.3) is 35.8 Å².